The fraction of sp³-hybridized carbons (Fsp3) is 0.300. The monoisotopic (exact) mass is 210 g/mol. The van der Waals surface area contributed by atoms with Gasteiger partial charge in [0.15, 0.2) is 11.6 Å². The van der Waals surface area contributed by atoms with E-state index < -0.39 is 17.7 Å². The van der Waals surface area contributed by atoms with Gasteiger partial charge in [-0.2, -0.15) is 9.65 Å². The number of rotatable bonds is 0. The second kappa shape index (κ2) is 3.48. The van der Waals surface area contributed by atoms with Crippen molar-refractivity contribution in [3.05, 3.63) is 28.8 Å². The molecular weight excluding hydrogens is 202 g/mol. The van der Waals surface area contributed by atoms with Gasteiger partial charge in [0.1, 0.15) is 6.07 Å². The molecule has 0 bridgehead atoms. The maximum absolute atomic E-state index is 13.4. The van der Waals surface area contributed by atoms with E-state index in [4.69, 9.17) is 15.7 Å². The Hall–Kier alpha value is -1.67. The van der Waals surface area contributed by atoms with Crippen molar-refractivity contribution in [2.75, 3.05) is 6.61 Å². The first kappa shape index (κ1) is 9.87. The zero-order valence-corrected chi connectivity index (χ0v) is 7.76. The van der Waals surface area contributed by atoms with Gasteiger partial charge in [0.05, 0.1) is 12.2 Å². The zero-order valence-electron chi connectivity index (χ0n) is 7.76. The van der Waals surface area contributed by atoms with E-state index in [9.17, 15) is 8.78 Å². The van der Waals surface area contributed by atoms with Crippen molar-refractivity contribution in [3.63, 3.8) is 0 Å². The molecule has 15 heavy (non-hydrogen) atoms. The molecule has 1 aliphatic rings. The Kier molecular flexibility index (Phi) is 2.29. The average Bonchev–Trinajstić information content (AvgIpc) is 2.24. The van der Waals surface area contributed by atoms with Gasteiger partial charge < -0.3 is 10.5 Å². The minimum absolute atomic E-state index is 0.162. The molecule has 2 N–H and O–H groups in total. The first-order valence-corrected chi connectivity index (χ1v) is 4.45. The molecule has 1 aromatic carbocycles. The molecule has 0 unspecified atom stereocenters. The van der Waals surface area contributed by atoms with Crippen molar-refractivity contribution in [2.24, 2.45) is 5.73 Å². The second-order valence-corrected chi connectivity index (χ2v) is 3.33. The van der Waals surface area contributed by atoms with Crippen molar-refractivity contribution in [1.29, 1.82) is 5.26 Å². The van der Waals surface area contributed by atoms with Crippen LogP contribution in [0.3, 0.4) is 0 Å². The van der Waals surface area contributed by atoms with Crippen LogP contribution in [0.15, 0.2) is 6.07 Å². The van der Waals surface area contributed by atoms with Crippen LogP contribution < -0.4 is 10.5 Å². The van der Waals surface area contributed by atoms with Crippen molar-refractivity contribution < 1.29 is 13.5 Å². The Morgan fingerprint density at radius 1 is 1.47 bits per heavy atom. The number of nitriles is 1. The number of fused-ring (bicyclic) bond motifs is 1. The summed E-state index contributed by atoms with van der Waals surface area (Å²) in [5.74, 6) is -2.46. The van der Waals surface area contributed by atoms with Gasteiger partial charge in [-0.1, -0.05) is 0 Å². The summed E-state index contributed by atoms with van der Waals surface area (Å²) in [6, 6.07) is 2.42. The third kappa shape index (κ3) is 1.43. The lowest BCUT2D eigenvalue weighted by atomic mass is 9.98. The number of nitrogens with two attached hydrogens (primary N) is 1. The smallest absolute Gasteiger partial charge is 0.202 e. The van der Waals surface area contributed by atoms with Crippen LogP contribution in [0.4, 0.5) is 8.78 Å². The summed E-state index contributed by atoms with van der Waals surface area (Å²) in [6.07, 6.45) is 0.531. The molecule has 0 spiro atoms. The zero-order chi connectivity index (χ0) is 11.0. The summed E-state index contributed by atoms with van der Waals surface area (Å²) >= 11 is 0. The third-order valence-corrected chi connectivity index (χ3v) is 2.39. The standard InChI is InChI=1S/C10H8F2N2O/c11-8-5(4-13)3-6-7(14)1-2-15-10(6)9(8)12/h3,7H,1-2,14H2/t7-/m1/s1. The third-order valence-electron chi connectivity index (χ3n) is 2.39. The molecule has 1 aromatic rings. The Balaban J connectivity index is 2.67. The highest BCUT2D eigenvalue weighted by Gasteiger charge is 2.26. The summed E-state index contributed by atoms with van der Waals surface area (Å²) in [5, 5.41) is 8.59. The molecule has 5 heteroatoms. The van der Waals surface area contributed by atoms with Crippen LogP contribution >= 0.6 is 0 Å². The summed E-state index contributed by atoms with van der Waals surface area (Å²) < 4.78 is 31.6. The van der Waals surface area contributed by atoms with E-state index in [1.807, 2.05) is 0 Å². The number of hydrogen-bond acceptors (Lipinski definition) is 3. The summed E-state index contributed by atoms with van der Waals surface area (Å²) in [6.45, 7) is 0.260. The summed E-state index contributed by atoms with van der Waals surface area (Å²) in [7, 11) is 0. The van der Waals surface area contributed by atoms with E-state index in [0.29, 0.717) is 12.0 Å². The van der Waals surface area contributed by atoms with E-state index in [2.05, 4.69) is 0 Å². The van der Waals surface area contributed by atoms with Gasteiger partial charge in [-0.3, -0.25) is 0 Å². The van der Waals surface area contributed by atoms with Crippen LogP contribution in [-0.4, -0.2) is 6.61 Å². The molecule has 1 atom stereocenters. The maximum Gasteiger partial charge on any atom is 0.202 e. The second-order valence-electron chi connectivity index (χ2n) is 3.33. The van der Waals surface area contributed by atoms with Gasteiger partial charge in [-0.25, -0.2) is 4.39 Å². The molecule has 0 aromatic heterocycles. The normalized spacial score (nSPS) is 18.9. The van der Waals surface area contributed by atoms with E-state index >= 15 is 0 Å². The minimum Gasteiger partial charge on any atom is -0.490 e. The molecule has 0 saturated carbocycles. The lowest BCUT2D eigenvalue weighted by Crippen LogP contribution is -2.22. The number of hydrogen-bond donors (Lipinski definition) is 1. The van der Waals surface area contributed by atoms with Gasteiger partial charge in [-0.15, -0.1) is 0 Å². The van der Waals surface area contributed by atoms with E-state index in [-0.39, 0.29) is 17.9 Å². The molecular formula is C10H8F2N2O. The number of ether oxygens (including phenoxy) is 1. The number of benzene rings is 1. The lowest BCUT2D eigenvalue weighted by Gasteiger charge is -2.23. The molecule has 78 valence electrons. The quantitative estimate of drug-likeness (QED) is 0.707. The fourth-order valence-corrected chi connectivity index (χ4v) is 1.58. The van der Waals surface area contributed by atoms with Crippen molar-refractivity contribution in [3.8, 4) is 11.8 Å². The SMILES string of the molecule is N#Cc1cc2c(c(F)c1F)OCC[C@H]2N. The minimum atomic E-state index is -1.18. The molecule has 0 radical (unpaired) electrons. The Labute approximate surface area is 85.1 Å². The Morgan fingerprint density at radius 2 is 2.20 bits per heavy atom. The molecule has 1 aliphatic heterocycles. The van der Waals surface area contributed by atoms with Crippen molar-refractivity contribution >= 4 is 0 Å². The first-order valence-electron chi connectivity index (χ1n) is 4.45. The Morgan fingerprint density at radius 3 is 2.87 bits per heavy atom. The predicted molar refractivity (Wildman–Crippen MR) is 48.1 cm³/mol. The maximum atomic E-state index is 13.4. The largest absolute Gasteiger partial charge is 0.490 e. The fourth-order valence-electron chi connectivity index (χ4n) is 1.58. The van der Waals surface area contributed by atoms with Crippen molar-refractivity contribution in [1.82, 2.24) is 0 Å². The van der Waals surface area contributed by atoms with Crippen LogP contribution in [0.1, 0.15) is 23.6 Å². The molecule has 0 amide bonds. The van der Waals surface area contributed by atoms with Gasteiger partial charge in [-0.05, 0) is 6.07 Å². The average molecular weight is 210 g/mol. The van der Waals surface area contributed by atoms with Crippen LogP contribution in [0.25, 0.3) is 0 Å². The highest BCUT2D eigenvalue weighted by molar-refractivity contribution is 5.46. The van der Waals surface area contributed by atoms with Gasteiger partial charge in [0.2, 0.25) is 5.82 Å². The predicted octanol–water partition coefficient (Wildman–Crippen LogP) is 1.62. The Bertz CT molecular complexity index is 454. The van der Waals surface area contributed by atoms with E-state index in [0.717, 1.165) is 0 Å². The van der Waals surface area contributed by atoms with Gasteiger partial charge in [0, 0.05) is 18.0 Å². The molecule has 0 aliphatic carbocycles. The van der Waals surface area contributed by atoms with Crippen LogP contribution in [0.2, 0.25) is 0 Å². The van der Waals surface area contributed by atoms with Crippen molar-refractivity contribution in [2.45, 2.75) is 12.5 Å². The topological polar surface area (TPSA) is 59.0 Å². The summed E-state index contributed by atoms with van der Waals surface area (Å²) in [5.41, 5.74) is 5.73. The van der Waals surface area contributed by atoms with Crippen LogP contribution in [-0.2, 0) is 0 Å². The highest BCUT2D eigenvalue weighted by atomic mass is 19.2. The first-order chi connectivity index (χ1) is 7.15. The number of halogens is 2. The highest BCUT2D eigenvalue weighted by Crippen LogP contribution is 2.35. The molecule has 0 fully saturated rings. The molecule has 1 heterocycles. The van der Waals surface area contributed by atoms with Gasteiger partial charge >= 0.3 is 0 Å². The lowest BCUT2D eigenvalue weighted by molar-refractivity contribution is 0.250. The molecule has 0 saturated heterocycles. The van der Waals surface area contributed by atoms with E-state index in [1.165, 1.54) is 6.07 Å². The number of nitrogens with zero attached hydrogens (tertiary/aromatic N) is 1. The van der Waals surface area contributed by atoms with Crippen LogP contribution in [0, 0.1) is 23.0 Å². The molecule has 3 nitrogen and oxygen atoms in total. The van der Waals surface area contributed by atoms with Gasteiger partial charge in [0.25, 0.3) is 0 Å². The van der Waals surface area contributed by atoms with E-state index in [1.54, 1.807) is 6.07 Å². The summed E-state index contributed by atoms with van der Waals surface area (Å²) in [4.78, 5) is 0. The van der Waals surface area contributed by atoms with Crippen LogP contribution in [0.5, 0.6) is 5.75 Å². The molecule has 2 rings (SSSR count).